The Hall–Kier alpha value is -1.51. The molecule has 2 rings (SSSR count). The fraction of sp³-hybridized carbons (Fsp3) is 0.588. The Morgan fingerprint density at radius 1 is 1.20 bits per heavy atom. The van der Waals surface area contributed by atoms with Crippen molar-refractivity contribution >= 4 is 11.7 Å². The van der Waals surface area contributed by atoms with Gasteiger partial charge < -0.3 is 10.0 Å². The molecule has 0 amide bonds. The minimum atomic E-state index is -0.834. The molecule has 0 aliphatic carbocycles. The van der Waals surface area contributed by atoms with Crippen LogP contribution >= 0.6 is 0 Å². The third-order valence-corrected chi connectivity index (χ3v) is 4.11. The molecule has 0 saturated heterocycles. The summed E-state index contributed by atoms with van der Waals surface area (Å²) in [5.41, 5.74) is 2.83. The fourth-order valence-electron chi connectivity index (χ4n) is 2.89. The Morgan fingerprint density at radius 3 is 2.70 bits per heavy atom. The smallest absolute Gasteiger partial charge is 0.335 e. The zero-order valence-corrected chi connectivity index (χ0v) is 12.4. The maximum atomic E-state index is 11.0. The highest BCUT2D eigenvalue weighted by molar-refractivity contribution is 5.89. The lowest BCUT2D eigenvalue weighted by Gasteiger charge is -2.19. The van der Waals surface area contributed by atoms with Crippen LogP contribution in [0.25, 0.3) is 0 Å². The first-order valence-electron chi connectivity index (χ1n) is 7.83. The minimum Gasteiger partial charge on any atom is -0.478 e. The SMILES string of the molecule is CCCCCCCCN1CCc2ccc(C(=O)O)cc21. The van der Waals surface area contributed by atoms with Gasteiger partial charge in [0, 0.05) is 18.8 Å². The van der Waals surface area contributed by atoms with E-state index < -0.39 is 5.97 Å². The Balaban J connectivity index is 1.84. The molecule has 0 spiro atoms. The van der Waals surface area contributed by atoms with Crippen LogP contribution in [0.2, 0.25) is 0 Å². The molecule has 0 atom stereocenters. The Labute approximate surface area is 121 Å². The molecule has 1 heterocycles. The van der Waals surface area contributed by atoms with E-state index in [9.17, 15) is 4.79 Å². The quantitative estimate of drug-likeness (QED) is 0.726. The second kappa shape index (κ2) is 7.32. The first-order chi connectivity index (χ1) is 9.72. The van der Waals surface area contributed by atoms with Gasteiger partial charge in [0.1, 0.15) is 0 Å². The molecule has 1 aromatic carbocycles. The summed E-state index contributed by atoms with van der Waals surface area (Å²) in [6, 6.07) is 5.52. The number of carboxylic acids is 1. The molecule has 110 valence electrons. The first-order valence-corrected chi connectivity index (χ1v) is 7.83. The monoisotopic (exact) mass is 275 g/mol. The van der Waals surface area contributed by atoms with Crippen molar-refractivity contribution in [3.63, 3.8) is 0 Å². The predicted molar refractivity (Wildman–Crippen MR) is 82.7 cm³/mol. The highest BCUT2D eigenvalue weighted by Crippen LogP contribution is 2.29. The summed E-state index contributed by atoms with van der Waals surface area (Å²) < 4.78 is 0. The lowest BCUT2D eigenvalue weighted by atomic mass is 10.1. The molecule has 0 unspecified atom stereocenters. The topological polar surface area (TPSA) is 40.5 Å². The zero-order chi connectivity index (χ0) is 14.4. The van der Waals surface area contributed by atoms with E-state index in [4.69, 9.17) is 5.11 Å². The number of aromatic carboxylic acids is 1. The van der Waals surface area contributed by atoms with Crippen LogP contribution in [0, 0.1) is 0 Å². The van der Waals surface area contributed by atoms with Crippen LogP contribution < -0.4 is 4.90 Å². The summed E-state index contributed by atoms with van der Waals surface area (Å²) in [5.74, 6) is -0.834. The van der Waals surface area contributed by atoms with Crippen molar-refractivity contribution in [3.05, 3.63) is 29.3 Å². The van der Waals surface area contributed by atoms with E-state index in [2.05, 4.69) is 11.8 Å². The minimum absolute atomic E-state index is 0.401. The predicted octanol–water partition coefficient (Wildman–Crippen LogP) is 4.11. The number of carboxylic acid groups (broad SMARTS) is 1. The molecule has 0 radical (unpaired) electrons. The van der Waals surface area contributed by atoms with Gasteiger partial charge in [-0.3, -0.25) is 0 Å². The van der Waals surface area contributed by atoms with Crippen LogP contribution in [-0.2, 0) is 6.42 Å². The lowest BCUT2D eigenvalue weighted by Crippen LogP contribution is -2.21. The van der Waals surface area contributed by atoms with Crippen LogP contribution in [0.4, 0.5) is 5.69 Å². The summed E-state index contributed by atoms with van der Waals surface area (Å²) in [7, 11) is 0. The average molecular weight is 275 g/mol. The molecule has 3 heteroatoms. The lowest BCUT2D eigenvalue weighted by molar-refractivity contribution is 0.0697. The van der Waals surface area contributed by atoms with Gasteiger partial charge in [0.05, 0.1) is 5.56 Å². The Morgan fingerprint density at radius 2 is 1.95 bits per heavy atom. The Kier molecular flexibility index (Phi) is 5.45. The number of anilines is 1. The van der Waals surface area contributed by atoms with Gasteiger partial charge in [0.25, 0.3) is 0 Å². The van der Waals surface area contributed by atoms with Crippen molar-refractivity contribution in [3.8, 4) is 0 Å². The highest BCUT2D eigenvalue weighted by atomic mass is 16.4. The number of hydrogen-bond donors (Lipinski definition) is 1. The summed E-state index contributed by atoms with van der Waals surface area (Å²) in [4.78, 5) is 13.4. The number of rotatable bonds is 8. The van der Waals surface area contributed by atoms with Gasteiger partial charge in [-0.05, 0) is 30.5 Å². The van der Waals surface area contributed by atoms with Gasteiger partial charge in [-0.25, -0.2) is 4.79 Å². The van der Waals surface area contributed by atoms with Crippen LogP contribution in [0.5, 0.6) is 0 Å². The second-order valence-electron chi connectivity index (χ2n) is 5.65. The standard InChI is InChI=1S/C17H25NO2/c1-2-3-4-5-6-7-11-18-12-10-14-8-9-15(17(19)20)13-16(14)18/h8-9,13H,2-7,10-12H2,1H3,(H,19,20). The molecule has 1 aliphatic heterocycles. The number of benzene rings is 1. The molecule has 0 aromatic heterocycles. The average Bonchev–Trinajstić information content (AvgIpc) is 2.85. The van der Waals surface area contributed by atoms with Crippen molar-refractivity contribution in [2.24, 2.45) is 0 Å². The summed E-state index contributed by atoms with van der Waals surface area (Å²) >= 11 is 0. The van der Waals surface area contributed by atoms with Crippen molar-refractivity contribution in [2.45, 2.75) is 51.9 Å². The summed E-state index contributed by atoms with van der Waals surface area (Å²) in [5, 5.41) is 9.08. The van der Waals surface area contributed by atoms with E-state index in [0.29, 0.717) is 5.56 Å². The number of nitrogens with zero attached hydrogens (tertiary/aromatic N) is 1. The van der Waals surface area contributed by atoms with Gasteiger partial charge in [-0.2, -0.15) is 0 Å². The largest absolute Gasteiger partial charge is 0.478 e. The van der Waals surface area contributed by atoms with Gasteiger partial charge in [0.15, 0.2) is 0 Å². The molecule has 1 N–H and O–H groups in total. The van der Waals surface area contributed by atoms with Crippen molar-refractivity contribution in [1.29, 1.82) is 0 Å². The van der Waals surface area contributed by atoms with Gasteiger partial charge in [0.2, 0.25) is 0 Å². The van der Waals surface area contributed by atoms with E-state index in [1.54, 1.807) is 6.07 Å². The van der Waals surface area contributed by atoms with Crippen molar-refractivity contribution in [2.75, 3.05) is 18.0 Å². The van der Waals surface area contributed by atoms with Crippen LogP contribution in [0.15, 0.2) is 18.2 Å². The third kappa shape index (κ3) is 3.75. The van der Waals surface area contributed by atoms with E-state index in [-0.39, 0.29) is 0 Å². The van der Waals surface area contributed by atoms with E-state index in [1.807, 2.05) is 12.1 Å². The van der Waals surface area contributed by atoms with E-state index in [0.717, 1.165) is 25.2 Å². The van der Waals surface area contributed by atoms with Gasteiger partial charge in [-0.1, -0.05) is 45.1 Å². The fourth-order valence-corrected chi connectivity index (χ4v) is 2.89. The van der Waals surface area contributed by atoms with Crippen molar-refractivity contribution in [1.82, 2.24) is 0 Å². The molecular weight excluding hydrogens is 250 g/mol. The molecule has 1 aromatic rings. The molecule has 20 heavy (non-hydrogen) atoms. The van der Waals surface area contributed by atoms with Crippen LogP contribution in [0.1, 0.15) is 61.4 Å². The van der Waals surface area contributed by atoms with Crippen LogP contribution in [0.3, 0.4) is 0 Å². The van der Waals surface area contributed by atoms with Crippen LogP contribution in [-0.4, -0.2) is 24.2 Å². The van der Waals surface area contributed by atoms with E-state index in [1.165, 1.54) is 44.1 Å². The highest BCUT2D eigenvalue weighted by Gasteiger charge is 2.19. The molecule has 0 bridgehead atoms. The van der Waals surface area contributed by atoms with Crippen molar-refractivity contribution < 1.29 is 9.90 Å². The normalized spacial score (nSPS) is 13.6. The summed E-state index contributed by atoms with van der Waals surface area (Å²) in [6.45, 7) is 4.33. The number of unbranched alkanes of at least 4 members (excludes halogenated alkanes) is 5. The van der Waals surface area contributed by atoms with Gasteiger partial charge >= 0.3 is 5.97 Å². The molecule has 1 aliphatic rings. The maximum Gasteiger partial charge on any atom is 0.335 e. The first kappa shape index (κ1) is 14.9. The number of carbonyl (C=O) groups is 1. The number of hydrogen-bond acceptors (Lipinski definition) is 2. The Bertz CT molecular complexity index is 456. The molecule has 3 nitrogen and oxygen atoms in total. The summed E-state index contributed by atoms with van der Waals surface area (Å²) in [6.07, 6.45) is 8.84. The van der Waals surface area contributed by atoms with E-state index >= 15 is 0 Å². The molecule has 0 saturated carbocycles. The number of fused-ring (bicyclic) bond motifs is 1. The third-order valence-electron chi connectivity index (χ3n) is 4.11. The molecular formula is C17H25NO2. The maximum absolute atomic E-state index is 11.0. The second-order valence-corrected chi connectivity index (χ2v) is 5.65. The zero-order valence-electron chi connectivity index (χ0n) is 12.4. The van der Waals surface area contributed by atoms with Gasteiger partial charge in [-0.15, -0.1) is 0 Å². The molecule has 0 fully saturated rings.